The van der Waals surface area contributed by atoms with Gasteiger partial charge in [0.1, 0.15) is 17.5 Å². The van der Waals surface area contributed by atoms with Gasteiger partial charge >= 0.3 is 5.97 Å². The number of β-lactam (4-membered cyclic amide) rings is 1. The Kier molecular flexibility index (Phi) is 5.87. The topological polar surface area (TPSA) is 117 Å². The Labute approximate surface area is 180 Å². The number of benzene rings is 1. The van der Waals surface area contributed by atoms with Crippen molar-refractivity contribution in [3.05, 3.63) is 60.1 Å². The third-order valence-electron chi connectivity index (χ3n) is 4.92. The van der Waals surface area contributed by atoms with E-state index in [9.17, 15) is 24.3 Å². The second-order valence-corrected chi connectivity index (χ2v) is 9.23. The van der Waals surface area contributed by atoms with Crippen LogP contribution in [0.3, 0.4) is 0 Å². The number of carboxylic acids is 1. The molecule has 0 bridgehead atoms. The number of hydrogen-bond donors (Lipinski definition) is 2. The Hall–Kier alpha value is -2.72. The maximum Gasteiger partial charge on any atom is 0.327 e. The van der Waals surface area contributed by atoms with Crippen LogP contribution in [0.15, 0.2) is 53.1 Å². The molecule has 30 heavy (non-hydrogen) atoms. The minimum atomic E-state index is -1.12. The Morgan fingerprint density at radius 3 is 2.60 bits per heavy atom. The van der Waals surface area contributed by atoms with Crippen LogP contribution in [0.5, 0.6) is 0 Å². The lowest BCUT2D eigenvalue weighted by atomic mass is 10.0. The van der Waals surface area contributed by atoms with Crippen molar-refractivity contribution in [1.82, 2.24) is 10.2 Å². The maximum absolute atomic E-state index is 12.6. The van der Waals surface area contributed by atoms with Crippen molar-refractivity contribution < 1.29 is 28.7 Å². The van der Waals surface area contributed by atoms with Gasteiger partial charge in [0, 0.05) is 11.0 Å². The molecule has 2 aromatic rings. The number of furan rings is 1. The first-order valence-corrected chi connectivity index (χ1v) is 11.1. The predicted octanol–water partition coefficient (Wildman–Crippen LogP) is 1.62. The van der Waals surface area contributed by atoms with Crippen LogP contribution in [-0.4, -0.2) is 61.4 Å². The highest BCUT2D eigenvalue weighted by atomic mass is 32.2. The van der Waals surface area contributed by atoms with Gasteiger partial charge < -0.3 is 19.7 Å². The van der Waals surface area contributed by atoms with Gasteiger partial charge in [-0.15, -0.1) is 11.8 Å². The summed E-state index contributed by atoms with van der Waals surface area (Å²) in [5, 5.41) is 11.1. The van der Waals surface area contributed by atoms with E-state index in [1.54, 1.807) is 12.1 Å². The van der Waals surface area contributed by atoms with Crippen LogP contribution in [0.4, 0.5) is 0 Å². The van der Waals surface area contributed by atoms with E-state index >= 15 is 0 Å². The summed E-state index contributed by atoms with van der Waals surface area (Å²) in [6, 6.07) is 10.5. The van der Waals surface area contributed by atoms with E-state index in [-0.39, 0.29) is 29.0 Å². The number of carbonyl (C=O) groups excluding carboxylic acids is 3. The number of carbonyl (C=O) groups is 4. The quantitative estimate of drug-likeness (QED) is 0.616. The van der Waals surface area contributed by atoms with Crippen LogP contribution in [0, 0.1) is 0 Å². The van der Waals surface area contributed by atoms with Gasteiger partial charge in [0.05, 0.1) is 12.7 Å². The summed E-state index contributed by atoms with van der Waals surface area (Å²) >= 11 is 2.26. The molecule has 2 aliphatic heterocycles. The molecule has 4 rings (SSSR count). The third-order valence-corrected chi connectivity index (χ3v) is 7.68. The van der Waals surface area contributed by atoms with Crippen LogP contribution in [0.25, 0.3) is 0 Å². The number of rotatable bonds is 7. The smallest absolute Gasteiger partial charge is 0.327 e. The number of hydrogen-bond acceptors (Lipinski definition) is 7. The maximum atomic E-state index is 12.6. The third kappa shape index (κ3) is 3.97. The summed E-state index contributed by atoms with van der Waals surface area (Å²) in [4.78, 5) is 50.1. The molecule has 0 unspecified atom stereocenters. The van der Waals surface area contributed by atoms with Crippen LogP contribution in [0.2, 0.25) is 0 Å². The minimum absolute atomic E-state index is 0.140. The average Bonchev–Trinajstić information content (AvgIpc) is 3.38. The van der Waals surface area contributed by atoms with Gasteiger partial charge in [-0.1, -0.05) is 42.1 Å². The normalized spacial score (nSPS) is 24.8. The van der Waals surface area contributed by atoms with E-state index in [0.29, 0.717) is 0 Å². The van der Waals surface area contributed by atoms with Crippen molar-refractivity contribution in [3.63, 3.8) is 0 Å². The predicted molar refractivity (Wildman–Crippen MR) is 111 cm³/mol. The standard InChI is InChI=1S/C20H18N2O6S2/c23-14(9-11-5-2-1-3-6-11)21-15-17(24)22-16(19(25)26)13(30-18(15)22)10-29-20(27)12-7-4-8-28-12/h1-8,13,15-16,18H,9-10H2,(H,21,23)(H,25,26)/t13-,15-,16-,18-/m1/s1. The molecule has 2 aliphatic rings. The van der Waals surface area contributed by atoms with E-state index in [0.717, 1.165) is 17.3 Å². The molecule has 2 N–H and O–H groups in total. The second kappa shape index (κ2) is 8.57. The molecule has 0 spiro atoms. The molecule has 2 saturated heterocycles. The molecular formula is C20H18N2O6S2. The Morgan fingerprint density at radius 2 is 1.93 bits per heavy atom. The van der Waals surface area contributed by atoms with Crippen molar-refractivity contribution in [2.24, 2.45) is 0 Å². The number of fused-ring (bicyclic) bond motifs is 1. The zero-order chi connectivity index (χ0) is 21.3. The fourth-order valence-electron chi connectivity index (χ4n) is 3.53. The molecule has 0 saturated carbocycles. The lowest BCUT2D eigenvalue weighted by Gasteiger charge is -2.43. The fourth-order valence-corrected chi connectivity index (χ4v) is 6.27. The first-order chi connectivity index (χ1) is 14.5. The number of aliphatic carboxylic acids is 1. The van der Waals surface area contributed by atoms with Gasteiger partial charge in [-0.2, -0.15) is 0 Å². The Balaban J connectivity index is 1.38. The lowest BCUT2D eigenvalue weighted by molar-refractivity contribution is -0.159. The van der Waals surface area contributed by atoms with Crippen molar-refractivity contribution in [1.29, 1.82) is 0 Å². The molecule has 10 heteroatoms. The molecule has 2 fully saturated rings. The number of carboxylic acid groups (broad SMARTS) is 1. The van der Waals surface area contributed by atoms with E-state index in [2.05, 4.69) is 5.32 Å². The average molecular weight is 447 g/mol. The molecule has 0 aliphatic carbocycles. The second-order valence-electron chi connectivity index (χ2n) is 6.88. The minimum Gasteiger partial charge on any atom is -0.480 e. The van der Waals surface area contributed by atoms with Crippen molar-refractivity contribution in [3.8, 4) is 0 Å². The van der Waals surface area contributed by atoms with Crippen molar-refractivity contribution >= 4 is 46.4 Å². The van der Waals surface area contributed by atoms with Gasteiger partial charge in [0.15, 0.2) is 5.76 Å². The van der Waals surface area contributed by atoms with Gasteiger partial charge in [0.25, 0.3) is 5.12 Å². The molecule has 2 amide bonds. The summed E-state index contributed by atoms with van der Waals surface area (Å²) < 4.78 is 5.06. The number of amides is 2. The van der Waals surface area contributed by atoms with Crippen LogP contribution >= 0.6 is 23.5 Å². The van der Waals surface area contributed by atoms with E-state index in [1.165, 1.54) is 22.9 Å². The van der Waals surface area contributed by atoms with Gasteiger partial charge in [-0.05, 0) is 17.7 Å². The molecule has 156 valence electrons. The van der Waals surface area contributed by atoms with Crippen molar-refractivity contribution in [2.45, 2.75) is 29.1 Å². The SMILES string of the molecule is O=C(Cc1ccccc1)N[C@@H]1C(=O)N2[C@@H]1S[C@H](CSC(=O)c1ccco1)[C@@H]2C(=O)O. The summed E-state index contributed by atoms with van der Waals surface area (Å²) in [6.45, 7) is 0. The monoisotopic (exact) mass is 446 g/mol. The fraction of sp³-hybridized carbons (Fsp3) is 0.300. The molecule has 3 heterocycles. The number of nitrogens with one attached hydrogen (secondary N) is 1. The summed E-state index contributed by atoms with van der Waals surface area (Å²) in [5.41, 5.74) is 0.826. The summed E-state index contributed by atoms with van der Waals surface area (Å²) in [7, 11) is 0. The van der Waals surface area contributed by atoms with Crippen molar-refractivity contribution in [2.75, 3.05) is 5.75 Å². The highest BCUT2D eigenvalue weighted by Gasteiger charge is 2.61. The van der Waals surface area contributed by atoms with Gasteiger partial charge in [-0.25, -0.2) is 4.79 Å². The molecule has 1 aromatic carbocycles. The van der Waals surface area contributed by atoms with E-state index < -0.39 is 34.6 Å². The number of nitrogens with zero attached hydrogens (tertiary/aromatic N) is 1. The lowest BCUT2D eigenvalue weighted by Crippen LogP contribution is -2.70. The highest BCUT2D eigenvalue weighted by Crippen LogP contribution is 2.45. The summed E-state index contributed by atoms with van der Waals surface area (Å²) in [5.74, 6) is -1.42. The first kappa shape index (κ1) is 20.5. The Bertz CT molecular complexity index is 965. The number of thioether (sulfide) groups is 2. The van der Waals surface area contributed by atoms with Crippen LogP contribution in [-0.2, 0) is 20.8 Å². The van der Waals surface area contributed by atoms with E-state index in [4.69, 9.17) is 4.42 Å². The highest BCUT2D eigenvalue weighted by molar-refractivity contribution is 8.15. The largest absolute Gasteiger partial charge is 0.480 e. The zero-order valence-electron chi connectivity index (χ0n) is 15.6. The van der Waals surface area contributed by atoms with Gasteiger partial charge in [0.2, 0.25) is 11.8 Å². The molecule has 1 aromatic heterocycles. The Morgan fingerprint density at radius 1 is 1.17 bits per heavy atom. The molecular weight excluding hydrogens is 428 g/mol. The molecule has 4 atom stereocenters. The summed E-state index contributed by atoms with van der Waals surface area (Å²) in [6.07, 6.45) is 1.53. The van der Waals surface area contributed by atoms with Crippen LogP contribution in [0.1, 0.15) is 16.1 Å². The van der Waals surface area contributed by atoms with E-state index in [1.807, 2.05) is 30.3 Å². The molecule has 0 radical (unpaired) electrons. The first-order valence-electron chi connectivity index (χ1n) is 9.20. The zero-order valence-corrected chi connectivity index (χ0v) is 17.2. The van der Waals surface area contributed by atoms with Gasteiger partial charge in [-0.3, -0.25) is 14.4 Å². The van der Waals surface area contributed by atoms with Crippen LogP contribution < -0.4 is 5.32 Å². The molecule has 8 nitrogen and oxygen atoms in total.